The van der Waals surface area contributed by atoms with Crippen LogP contribution in [0, 0.1) is 6.92 Å². The van der Waals surface area contributed by atoms with E-state index in [1.165, 1.54) is 0 Å². The van der Waals surface area contributed by atoms with Gasteiger partial charge in [-0.05, 0) is 49.9 Å². The number of aryl methyl sites for hydroxylation is 1. The Morgan fingerprint density at radius 3 is 2.80 bits per heavy atom. The van der Waals surface area contributed by atoms with Crippen LogP contribution in [0.5, 0.6) is 5.75 Å². The highest BCUT2D eigenvalue weighted by Crippen LogP contribution is 2.22. The predicted molar refractivity (Wildman–Crippen MR) is 96.3 cm³/mol. The molecule has 1 saturated heterocycles. The molecule has 2 N–H and O–H groups in total. The maximum atomic E-state index is 12.6. The van der Waals surface area contributed by atoms with E-state index in [0.717, 1.165) is 42.3 Å². The highest BCUT2D eigenvalue weighted by atomic mass is 16.5. The molecule has 1 aliphatic heterocycles. The molecule has 0 bridgehead atoms. The predicted octanol–water partition coefficient (Wildman–Crippen LogP) is 3.65. The number of rotatable bonds is 6. The zero-order chi connectivity index (χ0) is 17.8. The zero-order valence-corrected chi connectivity index (χ0v) is 15.0. The van der Waals surface area contributed by atoms with Crippen LogP contribution in [-0.2, 0) is 4.74 Å². The Balaban J connectivity index is 1.61. The first-order valence-electron chi connectivity index (χ1n) is 8.75. The summed E-state index contributed by atoms with van der Waals surface area (Å²) in [7, 11) is 0. The summed E-state index contributed by atoms with van der Waals surface area (Å²) in [6, 6.07) is 7.40. The van der Waals surface area contributed by atoms with E-state index >= 15 is 0 Å². The zero-order valence-electron chi connectivity index (χ0n) is 15.0. The summed E-state index contributed by atoms with van der Waals surface area (Å²) in [4.78, 5) is 12.6. The maximum Gasteiger partial charge on any atom is 0.259 e. The van der Waals surface area contributed by atoms with Gasteiger partial charge < -0.3 is 14.8 Å². The molecule has 2 aromatic rings. The summed E-state index contributed by atoms with van der Waals surface area (Å²) >= 11 is 0. The third-order valence-electron chi connectivity index (χ3n) is 4.32. The summed E-state index contributed by atoms with van der Waals surface area (Å²) in [5.41, 5.74) is 2.91. The molecule has 0 aliphatic carbocycles. The third kappa shape index (κ3) is 4.20. The molecule has 1 atom stereocenters. The van der Waals surface area contributed by atoms with Gasteiger partial charge in [-0.25, -0.2) is 0 Å². The molecule has 3 rings (SSSR count). The number of nitrogens with zero attached hydrogens (tertiary/aromatic N) is 1. The van der Waals surface area contributed by atoms with Crippen molar-refractivity contribution >= 4 is 11.6 Å². The number of benzene rings is 1. The van der Waals surface area contributed by atoms with Crippen LogP contribution in [-0.4, -0.2) is 35.4 Å². The van der Waals surface area contributed by atoms with Crippen molar-refractivity contribution in [2.24, 2.45) is 0 Å². The fourth-order valence-electron chi connectivity index (χ4n) is 2.95. The second kappa shape index (κ2) is 7.70. The smallest absolute Gasteiger partial charge is 0.259 e. The Morgan fingerprint density at radius 2 is 2.16 bits per heavy atom. The standard InChI is InChI=1S/C19H25N3O3/c1-12(2)18-17(13(3)21-22-18)19(23)20-14-6-8-15(9-7-14)25-11-16-5-4-10-24-16/h6-9,12,16H,4-5,10-11H2,1-3H3,(H,20,23)(H,21,22). The Labute approximate surface area is 147 Å². The van der Waals surface area contributed by atoms with Crippen LogP contribution >= 0.6 is 0 Å². The number of hydrogen-bond donors (Lipinski definition) is 2. The van der Waals surface area contributed by atoms with Crippen LogP contribution in [0.25, 0.3) is 0 Å². The van der Waals surface area contributed by atoms with Crippen molar-refractivity contribution in [3.63, 3.8) is 0 Å². The monoisotopic (exact) mass is 343 g/mol. The quantitative estimate of drug-likeness (QED) is 0.839. The summed E-state index contributed by atoms with van der Waals surface area (Å²) < 4.78 is 11.3. The largest absolute Gasteiger partial charge is 0.491 e. The molecule has 2 heterocycles. The number of ether oxygens (including phenoxy) is 2. The summed E-state index contributed by atoms with van der Waals surface area (Å²) in [6.07, 6.45) is 2.35. The van der Waals surface area contributed by atoms with Gasteiger partial charge in [0.15, 0.2) is 0 Å². The van der Waals surface area contributed by atoms with Crippen LogP contribution in [0.2, 0.25) is 0 Å². The Kier molecular flexibility index (Phi) is 5.38. The third-order valence-corrected chi connectivity index (χ3v) is 4.32. The number of H-pyrrole nitrogens is 1. The number of aromatic amines is 1. The van der Waals surface area contributed by atoms with Crippen molar-refractivity contribution in [3.05, 3.63) is 41.2 Å². The Bertz CT molecular complexity index is 716. The molecule has 6 nitrogen and oxygen atoms in total. The number of aromatic nitrogens is 2. The number of carbonyl (C=O) groups excluding carboxylic acids is 1. The van der Waals surface area contributed by atoms with Gasteiger partial charge in [-0.3, -0.25) is 9.89 Å². The minimum atomic E-state index is -0.150. The van der Waals surface area contributed by atoms with Crippen LogP contribution in [0.4, 0.5) is 5.69 Å². The lowest BCUT2D eigenvalue weighted by molar-refractivity contribution is 0.0679. The molecule has 134 valence electrons. The lowest BCUT2D eigenvalue weighted by atomic mass is 10.0. The van der Waals surface area contributed by atoms with E-state index in [-0.39, 0.29) is 17.9 Å². The van der Waals surface area contributed by atoms with Crippen molar-refractivity contribution in [1.82, 2.24) is 10.2 Å². The molecular formula is C19H25N3O3. The number of hydrogen-bond acceptors (Lipinski definition) is 4. The fraction of sp³-hybridized carbons (Fsp3) is 0.474. The van der Waals surface area contributed by atoms with Crippen molar-refractivity contribution < 1.29 is 14.3 Å². The molecule has 1 aromatic carbocycles. The normalized spacial score (nSPS) is 17.0. The second-order valence-electron chi connectivity index (χ2n) is 6.69. The Morgan fingerprint density at radius 1 is 1.40 bits per heavy atom. The first kappa shape index (κ1) is 17.5. The van der Waals surface area contributed by atoms with E-state index in [4.69, 9.17) is 9.47 Å². The number of nitrogens with one attached hydrogen (secondary N) is 2. The van der Waals surface area contributed by atoms with Crippen molar-refractivity contribution in [2.75, 3.05) is 18.5 Å². The SMILES string of the molecule is Cc1[nH]nc(C(C)C)c1C(=O)Nc1ccc(OCC2CCCO2)cc1. The summed E-state index contributed by atoms with van der Waals surface area (Å²) in [5, 5.41) is 10.1. The topological polar surface area (TPSA) is 76.2 Å². The molecule has 0 radical (unpaired) electrons. The van der Waals surface area contributed by atoms with Gasteiger partial charge in [-0.2, -0.15) is 5.10 Å². The maximum absolute atomic E-state index is 12.6. The molecule has 1 amide bonds. The molecule has 1 aliphatic rings. The van der Waals surface area contributed by atoms with Crippen LogP contribution in [0.3, 0.4) is 0 Å². The molecule has 0 spiro atoms. The Hall–Kier alpha value is -2.34. The highest BCUT2D eigenvalue weighted by Gasteiger charge is 2.20. The van der Waals surface area contributed by atoms with Crippen molar-refractivity contribution in [1.29, 1.82) is 0 Å². The van der Waals surface area contributed by atoms with Crippen LogP contribution < -0.4 is 10.1 Å². The van der Waals surface area contributed by atoms with Crippen LogP contribution in [0.15, 0.2) is 24.3 Å². The highest BCUT2D eigenvalue weighted by molar-refractivity contribution is 6.06. The second-order valence-corrected chi connectivity index (χ2v) is 6.69. The number of anilines is 1. The van der Waals surface area contributed by atoms with E-state index in [0.29, 0.717) is 12.2 Å². The van der Waals surface area contributed by atoms with Gasteiger partial charge in [0, 0.05) is 18.0 Å². The van der Waals surface area contributed by atoms with Crippen LogP contribution in [0.1, 0.15) is 54.4 Å². The molecule has 0 saturated carbocycles. The van der Waals surface area contributed by atoms with Gasteiger partial charge in [0.2, 0.25) is 0 Å². The van der Waals surface area contributed by atoms with E-state index in [1.54, 1.807) is 0 Å². The summed E-state index contributed by atoms with van der Waals surface area (Å²) in [5.74, 6) is 0.804. The van der Waals surface area contributed by atoms with Gasteiger partial charge >= 0.3 is 0 Å². The molecule has 6 heteroatoms. The molecule has 1 aromatic heterocycles. The van der Waals surface area contributed by atoms with Gasteiger partial charge in [-0.1, -0.05) is 13.8 Å². The fourth-order valence-corrected chi connectivity index (χ4v) is 2.95. The minimum Gasteiger partial charge on any atom is -0.491 e. The van der Waals surface area contributed by atoms with E-state index < -0.39 is 0 Å². The first-order valence-corrected chi connectivity index (χ1v) is 8.75. The average molecular weight is 343 g/mol. The van der Waals surface area contributed by atoms with Crippen molar-refractivity contribution in [2.45, 2.75) is 45.6 Å². The van der Waals surface area contributed by atoms with E-state index in [9.17, 15) is 4.79 Å². The average Bonchev–Trinajstić information content (AvgIpc) is 3.23. The van der Waals surface area contributed by atoms with E-state index in [1.807, 2.05) is 45.0 Å². The van der Waals surface area contributed by atoms with Gasteiger partial charge in [-0.15, -0.1) is 0 Å². The molecule has 1 fully saturated rings. The van der Waals surface area contributed by atoms with Gasteiger partial charge in [0.1, 0.15) is 12.4 Å². The lowest BCUT2D eigenvalue weighted by Crippen LogP contribution is -2.16. The summed E-state index contributed by atoms with van der Waals surface area (Å²) in [6.45, 7) is 7.29. The van der Waals surface area contributed by atoms with Gasteiger partial charge in [0.25, 0.3) is 5.91 Å². The molecule has 25 heavy (non-hydrogen) atoms. The van der Waals surface area contributed by atoms with E-state index in [2.05, 4.69) is 15.5 Å². The molecular weight excluding hydrogens is 318 g/mol. The number of carbonyl (C=O) groups is 1. The lowest BCUT2D eigenvalue weighted by Gasteiger charge is -2.12. The van der Waals surface area contributed by atoms with Gasteiger partial charge in [0.05, 0.1) is 17.4 Å². The number of amides is 1. The van der Waals surface area contributed by atoms with Crippen molar-refractivity contribution in [3.8, 4) is 5.75 Å². The molecule has 1 unspecified atom stereocenters. The first-order chi connectivity index (χ1) is 12.0. The minimum absolute atomic E-state index is 0.150.